The molecular formula is C15H9Cl3N4OS. The van der Waals surface area contributed by atoms with Gasteiger partial charge in [0.2, 0.25) is 0 Å². The fourth-order valence-electron chi connectivity index (χ4n) is 1.87. The summed E-state index contributed by atoms with van der Waals surface area (Å²) in [6, 6.07) is 10.3. The molecule has 122 valence electrons. The molecule has 0 saturated carbocycles. The van der Waals surface area contributed by atoms with Crippen LogP contribution in [0.4, 0.5) is 0 Å². The first kappa shape index (κ1) is 17.0. The van der Waals surface area contributed by atoms with Gasteiger partial charge in [0, 0.05) is 5.56 Å². The predicted octanol–water partition coefficient (Wildman–Crippen LogP) is 4.86. The van der Waals surface area contributed by atoms with Gasteiger partial charge in [-0.15, -0.1) is 11.3 Å². The highest BCUT2D eigenvalue weighted by atomic mass is 35.5. The zero-order chi connectivity index (χ0) is 17.1. The first-order valence-electron chi connectivity index (χ1n) is 6.63. The molecule has 0 aliphatic carbocycles. The van der Waals surface area contributed by atoms with Crippen molar-refractivity contribution in [2.75, 3.05) is 0 Å². The Morgan fingerprint density at radius 1 is 1.21 bits per heavy atom. The molecule has 1 amide bonds. The van der Waals surface area contributed by atoms with Gasteiger partial charge in [0.25, 0.3) is 5.91 Å². The minimum atomic E-state index is -0.459. The third kappa shape index (κ3) is 3.79. The summed E-state index contributed by atoms with van der Waals surface area (Å²) in [5.41, 5.74) is 3.81. The number of carbonyl (C=O) groups excluding carboxylic acids is 1. The number of carbonyl (C=O) groups is 1. The molecule has 24 heavy (non-hydrogen) atoms. The van der Waals surface area contributed by atoms with Crippen molar-refractivity contribution in [1.29, 1.82) is 0 Å². The summed E-state index contributed by atoms with van der Waals surface area (Å²) < 4.78 is 0.659. The zero-order valence-electron chi connectivity index (χ0n) is 11.9. The van der Waals surface area contributed by atoms with E-state index in [9.17, 15) is 4.79 Å². The highest BCUT2D eigenvalue weighted by molar-refractivity contribution is 7.19. The normalized spacial score (nSPS) is 11.1. The van der Waals surface area contributed by atoms with Gasteiger partial charge in [0.15, 0.2) is 5.69 Å². The topological polar surface area (TPSA) is 70.1 Å². The van der Waals surface area contributed by atoms with E-state index in [2.05, 4.69) is 20.7 Å². The molecule has 0 unspecified atom stereocenters. The number of aromatic nitrogens is 2. The lowest BCUT2D eigenvalue weighted by Crippen LogP contribution is -2.18. The third-order valence-electron chi connectivity index (χ3n) is 3.01. The van der Waals surface area contributed by atoms with Gasteiger partial charge in [0.1, 0.15) is 0 Å². The molecule has 2 N–H and O–H groups in total. The van der Waals surface area contributed by atoms with Crippen LogP contribution in [-0.4, -0.2) is 22.3 Å². The minimum Gasteiger partial charge on any atom is -0.276 e. The Morgan fingerprint density at radius 3 is 2.62 bits per heavy atom. The monoisotopic (exact) mass is 398 g/mol. The lowest BCUT2D eigenvalue weighted by Gasteiger charge is -2.00. The summed E-state index contributed by atoms with van der Waals surface area (Å²) in [5.74, 6) is -0.459. The minimum absolute atomic E-state index is 0.205. The summed E-state index contributed by atoms with van der Waals surface area (Å²) in [7, 11) is 0. The fourth-order valence-corrected chi connectivity index (χ4v) is 3.37. The maximum absolute atomic E-state index is 12.1. The van der Waals surface area contributed by atoms with Crippen molar-refractivity contribution in [3.05, 3.63) is 62.0 Å². The van der Waals surface area contributed by atoms with Crippen molar-refractivity contribution in [3.8, 4) is 10.6 Å². The molecule has 3 rings (SSSR count). The van der Waals surface area contributed by atoms with E-state index in [-0.39, 0.29) is 5.69 Å². The Bertz CT molecular complexity index is 899. The van der Waals surface area contributed by atoms with Gasteiger partial charge in [-0.2, -0.15) is 10.2 Å². The number of benzene rings is 1. The summed E-state index contributed by atoms with van der Waals surface area (Å²) in [6.45, 7) is 0. The van der Waals surface area contributed by atoms with E-state index in [1.165, 1.54) is 17.6 Å². The second-order valence-corrected chi connectivity index (χ2v) is 7.13. The number of nitrogens with zero attached hydrogens (tertiary/aromatic N) is 2. The Hall–Kier alpha value is -1.86. The highest BCUT2D eigenvalue weighted by Crippen LogP contribution is 2.29. The molecule has 2 heterocycles. The molecule has 0 atom stereocenters. The van der Waals surface area contributed by atoms with E-state index in [1.54, 1.807) is 30.3 Å². The van der Waals surface area contributed by atoms with E-state index < -0.39 is 5.91 Å². The molecule has 2 aromatic heterocycles. The zero-order valence-corrected chi connectivity index (χ0v) is 15.0. The first-order chi connectivity index (χ1) is 11.5. The predicted molar refractivity (Wildman–Crippen MR) is 98.4 cm³/mol. The number of H-pyrrole nitrogens is 1. The third-order valence-corrected chi connectivity index (χ3v) is 4.93. The van der Waals surface area contributed by atoms with Gasteiger partial charge in [-0.05, 0) is 30.3 Å². The van der Waals surface area contributed by atoms with E-state index >= 15 is 0 Å². The highest BCUT2D eigenvalue weighted by Gasteiger charge is 2.12. The largest absolute Gasteiger partial charge is 0.291 e. The maximum atomic E-state index is 12.1. The Labute approximate surface area is 156 Å². The van der Waals surface area contributed by atoms with E-state index in [0.717, 1.165) is 4.88 Å². The van der Waals surface area contributed by atoms with Crippen LogP contribution in [0.5, 0.6) is 0 Å². The van der Waals surface area contributed by atoms with Gasteiger partial charge < -0.3 is 0 Å². The fraction of sp³-hybridized carbons (Fsp3) is 0. The molecule has 9 heteroatoms. The number of amides is 1. The summed E-state index contributed by atoms with van der Waals surface area (Å²) in [5, 5.41) is 11.5. The Balaban J connectivity index is 1.70. The molecule has 0 bridgehead atoms. The van der Waals surface area contributed by atoms with Crippen LogP contribution in [0.15, 0.2) is 41.5 Å². The molecular weight excluding hydrogens is 391 g/mol. The molecule has 5 nitrogen and oxygen atoms in total. The van der Waals surface area contributed by atoms with Crippen LogP contribution < -0.4 is 5.43 Å². The van der Waals surface area contributed by atoms with Gasteiger partial charge in [0.05, 0.1) is 31.2 Å². The second kappa shape index (κ2) is 7.36. The number of rotatable bonds is 4. The van der Waals surface area contributed by atoms with Crippen molar-refractivity contribution >= 4 is 58.3 Å². The molecule has 0 fully saturated rings. The van der Waals surface area contributed by atoms with Gasteiger partial charge >= 0.3 is 0 Å². The lowest BCUT2D eigenvalue weighted by atomic mass is 10.2. The van der Waals surface area contributed by atoms with Crippen LogP contribution in [0.1, 0.15) is 16.1 Å². The summed E-state index contributed by atoms with van der Waals surface area (Å²) in [4.78, 5) is 12.9. The van der Waals surface area contributed by atoms with Gasteiger partial charge in [-0.1, -0.05) is 40.9 Å². The Morgan fingerprint density at radius 2 is 1.96 bits per heavy atom. The lowest BCUT2D eigenvalue weighted by molar-refractivity contribution is 0.0950. The van der Waals surface area contributed by atoms with Crippen LogP contribution in [-0.2, 0) is 0 Å². The number of thiophene rings is 1. The molecule has 0 aliphatic heterocycles. The number of hydrazone groups is 1. The van der Waals surface area contributed by atoms with E-state index in [0.29, 0.717) is 25.6 Å². The summed E-state index contributed by atoms with van der Waals surface area (Å²) >= 11 is 19.3. The van der Waals surface area contributed by atoms with Crippen molar-refractivity contribution in [3.63, 3.8) is 0 Å². The van der Waals surface area contributed by atoms with E-state index in [4.69, 9.17) is 34.8 Å². The first-order valence-corrected chi connectivity index (χ1v) is 8.58. The van der Waals surface area contributed by atoms with Crippen molar-refractivity contribution in [2.45, 2.75) is 0 Å². The maximum Gasteiger partial charge on any atom is 0.291 e. The molecule has 0 radical (unpaired) electrons. The molecule has 0 spiro atoms. The number of aromatic amines is 1. The second-order valence-electron chi connectivity index (χ2n) is 4.61. The van der Waals surface area contributed by atoms with Crippen molar-refractivity contribution < 1.29 is 4.79 Å². The SMILES string of the molecule is O=C(N/N=C/c1c(Cl)cccc1Cl)c1cc(-c2ccc(Cl)s2)[nH]n1. The average Bonchev–Trinajstić information content (AvgIpc) is 3.19. The average molecular weight is 400 g/mol. The van der Waals surface area contributed by atoms with Crippen LogP contribution in [0.2, 0.25) is 14.4 Å². The molecule has 3 aromatic rings. The standard InChI is InChI=1S/C15H9Cl3N4OS/c16-9-2-1-3-10(17)8(9)7-19-22-15(23)12-6-11(20-21-12)13-4-5-14(18)24-13/h1-7H,(H,20,21)(H,22,23)/b19-7+. The molecule has 1 aromatic carbocycles. The Kier molecular flexibility index (Phi) is 5.20. The summed E-state index contributed by atoms with van der Waals surface area (Å²) in [6.07, 6.45) is 1.38. The molecule has 0 saturated heterocycles. The number of hydrogen-bond donors (Lipinski definition) is 2. The number of hydrogen-bond acceptors (Lipinski definition) is 4. The smallest absolute Gasteiger partial charge is 0.276 e. The molecule has 0 aliphatic rings. The van der Waals surface area contributed by atoms with Gasteiger partial charge in [-0.3, -0.25) is 9.89 Å². The number of nitrogens with one attached hydrogen (secondary N) is 2. The van der Waals surface area contributed by atoms with Gasteiger partial charge in [-0.25, -0.2) is 5.43 Å². The number of halogens is 3. The quantitative estimate of drug-likeness (QED) is 0.486. The van der Waals surface area contributed by atoms with Crippen LogP contribution >= 0.6 is 46.1 Å². The van der Waals surface area contributed by atoms with Crippen LogP contribution in [0, 0.1) is 0 Å². The van der Waals surface area contributed by atoms with Crippen LogP contribution in [0.3, 0.4) is 0 Å². The van der Waals surface area contributed by atoms with E-state index in [1.807, 2.05) is 6.07 Å². The van der Waals surface area contributed by atoms with Crippen LogP contribution in [0.25, 0.3) is 10.6 Å². The van der Waals surface area contributed by atoms with Crippen molar-refractivity contribution in [2.24, 2.45) is 5.10 Å². The van der Waals surface area contributed by atoms with Crippen molar-refractivity contribution in [1.82, 2.24) is 15.6 Å².